The van der Waals surface area contributed by atoms with Gasteiger partial charge in [0.15, 0.2) is 0 Å². The summed E-state index contributed by atoms with van der Waals surface area (Å²) in [7, 11) is 1.58. The van der Waals surface area contributed by atoms with Crippen molar-refractivity contribution in [3.63, 3.8) is 0 Å². The van der Waals surface area contributed by atoms with Gasteiger partial charge in [-0.05, 0) is 25.1 Å². The zero-order valence-electron chi connectivity index (χ0n) is 8.13. The maximum Gasteiger partial charge on any atom is 0.217 e. The molecular weight excluding hydrogens is 246 g/mol. The molecule has 1 N–H and O–H groups in total. The van der Waals surface area contributed by atoms with E-state index in [0.717, 1.165) is 4.47 Å². The fraction of sp³-hybridized carbons (Fsp3) is 0.300. The van der Waals surface area contributed by atoms with Gasteiger partial charge in [0.25, 0.3) is 0 Å². The van der Waals surface area contributed by atoms with Gasteiger partial charge in [-0.15, -0.1) is 0 Å². The van der Waals surface area contributed by atoms with Gasteiger partial charge in [-0.2, -0.15) is 0 Å². The molecule has 0 unspecified atom stereocenters. The maximum absolute atomic E-state index is 7.65. The normalized spacial score (nSPS) is 9.64. The van der Waals surface area contributed by atoms with Crippen molar-refractivity contribution >= 4 is 21.8 Å². The molecule has 14 heavy (non-hydrogen) atoms. The van der Waals surface area contributed by atoms with Crippen LogP contribution in [0.1, 0.15) is 12.5 Å². The molecule has 4 heteroatoms. The number of halogens is 1. The summed E-state index contributed by atoms with van der Waals surface area (Å²) in [6.07, 6.45) is 0. The standard InChI is InChI=1S/C10H12BrNO2/c1-3-14-10(12)8-6-7(11)4-5-9(8)13-2/h4-6,12H,3H2,1-2H3. The van der Waals surface area contributed by atoms with Gasteiger partial charge in [0, 0.05) is 4.47 Å². The Bertz CT molecular complexity index is 339. The average Bonchev–Trinajstić information content (AvgIpc) is 2.18. The summed E-state index contributed by atoms with van der Waals surface area (Å²) in [5.74, 6) is 0.775. The molecule has 1 rings (SSSR count). The SMILES string of the molecule is CCOC(=N)c1cc(Br)ccc1OC. The summed E-state index contributed by atoms with van der Waals surface area (Å²) < 4.78 is 11.1. The minimum atomic E-state index is 0.130. The van der Waals surface area contributed by atoms with Crippen LogP contribution < -0.4 is 4.74 Å². The quantitative estimate of drug-likeness (QED) is 0.669. The number of hydrogen-bond acceptors (Lipinski definition) is 3. The smallest absolute Gasteiger partial charge is 0.217 e. The first-order chi connectivity index (χ1) is 6.69. The molecule has 76 valence electrons. The molecule has 1 aromatic rings. The first-order valence-electron chi connectivity index (χ1n) is 4.24. The minimum Gasteiger partial charge on any atom is -0.496 e. The van der Waals surface area contributed by atoms with Crippen molar-refractivity contribution in [1.82, 2.24) is 0 Å². The van der Waals surface area contributed by atoms with Crippen LogP contribution in [0.4, 0.5) is 0 Å². The van der Waals surface area contributed by atoms with E-state index in [-0.39, 0.29) is 5.90 Å². The van der Waals surface area contributed by atoms with Gasteiger partial charge in [0.1, 0.15) is 5.75 Å². The molecule has 0 heterocycles. The number of methoxy groups -OCH3 is 1. The highest BCUT2D eigenvalue weighted by atomic mass is 79.9. The van der Waals surface area contributed by atoms with Crippen molar-refractivity contribution in [3.8, 4) is 5.75 Å². The number of hydrogen-bond donors (Lipinski definition) is 1. The Labute approximate surface area is 91.7 Å². The Hall–Kier alpha value is -1.03. The summed E-state index contributed by atoms with van der Waals surface area (Å²) in [5.41, 5.74) is 0.656. The Kier molecular flexibility index (Phi) is 3.95. The van der Waals surface area contributed by atoms with E-state index in [4.69, 9.17) is 14.9 Å². The van der Waals surface area contributed by atoms with E-state index in [1.54, 1.807) is 19.2 Å². The molecule has 0 spiro atoms. The van der Waals surface area contributed by atoms with E-state index in [2.05, 4.69) is 15.9 Å². The molecule has 0 bridgehead atoms. The lowest BCUT2D eigenvalue weighted by Gasteiger charge is -2.09. The summed E-state index contributed by atoms with van der Waals surface area (Å²) in [4.78, 5) is 0. The molecule has 0 atom stereocenters. The Morgan fingerprint density at radius 2 is 2.21 bits per heavy atom. The van der Waals surface area contributed by atoms with E-state index in [0.29, 0.717) is 17.9 Å². The topological polar surface area (TPSA) is 42.3 Å². The molecule has 0 radical (unpaired) electrons. The number of nitrogens with one attached hydrogen (secondary N) is 1. The van der Waals surface area contributed by atoms with Crippen molar-refractivity contribution in [2.24, 2.45) is 0 Å². The van der Waals surface area contributed by atoms with Crippen LogP contribution in [0, 0.1) is 5.41 Å². The highest BCUT2D eigenvalue weighted by molar-refractivity contribution is 9.10. The third-order valence-corrected chi connectivity index (χ3v) is 2.19. The van der Waals surface area contributed by atoms with E-state index in [1.807, 2.05) is 13.0 Å². The van der Waals surface area contributed by atoms with Gasteiger partial charge in [-0.3, -0.25) is 5.41 Å². The summed E-state index contributed by atoms with van der Waals surface area (Å²) >= 11 is 3.34. The van der Waals surface area contributed by atoms with Gasteiger partial charge >= 0.3 is 0 Å². The molecule has 3 nitrogen and oxygen atoms in total. The molecule has 0 aliphatic heterocycles. The molecule has 0 saturated carbocycles. The summed E-state index contributed by atoms with van der Waals surface area (Å²) in [5, 5.41) is 7.65. The second-order valence-electron chi connectivity index (χ2n) is 2.61. The Morgan fingerprint density at radius 3 is 2.79 bits per heavy atom. The highest BCUT2D eigenvalue weighted by Gasteiger charge is 2.09. The van der Waals surface area contributed by atoms with Crippen LogP contribution in [0.3, 0.4) is 0 Å². The largest absolute Gasteiger partial charge is 0.496 e. The molecule has 0 saturated heterocycles. The lowest BCUT2D eigenvalue weighted by molar-refractivity contribution is 0.323. The van der Waals surface area contributed by atoms with Crippen LogP contribution in [0.2, 0.25) is 0 Å². The minimum absolute atomic E-state index is 0.130. The van der Waals surface area contributed by atoms with Crippen LogP contribution in [0.15, 0.2) is 22.7 Å². The molecule has 1 aromatic carbocycles. The zero-order valence-corrected chi connectivity index (χ0v) is 9.72. The van der Waals surface area contributed by atoms with Gasteiger partial charge in [-0.1, -0.05) is 15.9 Å². The van der Waals surface area contributed by atoms with Crippen molar-refractivity contribution in [3.05, 3.63) is 28.2 Å². The number of benzene rings is 1. The van der Waals surface area contributed by atoms with Gasteiger partial charge in [0.05, 0.1) is 19.3 Å². The molecule has 0 amide bonds. The van der Waals surface area contributed by atoms with Crippen LogP contribution in [-0.2, 0) is 4.74 Å². The van der Waals surface area contributed by atoms with Crippen molar-refractivity contribution in [1.29, 1.82) is 5.41 Å². The van der Waals surface area contributed by atoms with Crippen LogP contribution in [-0.4, -0.2) is 19.6 Å². The van der Waals surface area contributed by atoms with Gasteiger partial charge in [0.2, 0.25) is 5.90 Å². The average molecular weight is 258 g/mol. The second kappa shape index (κ2) is 5.00. The lowest BCUT2D eigenvalue weighted by atomic mass is 10.2. The van der Waals surface area contributed by atoms with E-state index < -0.39 is 0 Å². The fourth-order valence-corrected chi connectivity index (χ4v) is 1.44. The summed E-state index contributed by atoms with van der Waals surface area (Å²) in [6, 6.07) is 5.46. The van der Waals surface area contributed by atoms with E-state index in [9.17, 15) is 0 Å². The monoisotopic (exact) mass is 257 g/mol. The Balaban J connectivity index is 3.03. The van der Waals surface area contributed by atoms with Gasteiger partial charge < -0.3 is 9.47 Å². The third kappa shape index (κ3) is 2.48. The predicted molar refractivity (Wildman–Crippen MR) is 59.1 cm³/mol. The first kappa shape index (κ1) is 11.0. The Morgan fingerprint density at radius 1 is 1.50 bits per heavy atom. The second-order valence-corrected chi connectivity index (χ2v) is 3.52. The first-order valence-corrected chi connectivity index (χ1v) is 5.03. The summed E-state index contributed by atoms with van der Waals surface area (Å²) in [6.45, 7) is 2.33. The van der Waals surface area contributed by atoms with Crippen molar-refractivity contribution in [2.45, 2.75) is 6.92 Å². The predicted octanol–water partition coefficient (Wildman–Crippen LogP) is 2.82. The van der Waals surface area contributed by atoms with E-state index >= 15 is 0 Å². The van der Waals surface area contributed by atoms with Crippen LogP contribution in [0.25, 0.3) is 0 Å². The molecule has 0 aliphatic rings. The molecule has 0 fully saturated rings. The van der Waals surface area contributed by atoms with Crippen LogP contribution in [0.5, 0.6) is 5.75 Å². The van der Waals surface area contributed by atoms with Crippen molar-refractivity contribution in [2.75, 3.05) is 13.7 Å². The lowest BCUT2D eigenvalue weighted by Crippen LogP contribution is -2.06. The van der Waals surface area contributed by atoms with E-state index in [1.165, 1.54) is 0 Å². The highest BCUT2D eigenvalue weighted by Crippen LogP contribution is 2.23. The number of ether oxygens (including phenoxy) is 2. The number of rotatable bonds is 3. The molecule has 0 aromatic heterocycles. The maximum atomic E-state index is 7.65. The van der Waals surface area contributed by atoms with Crippen LogP contribution >= 0.6 is 15.9 Å². The third-order valence-electron chi connectivity index (χ3n) is 1.69. The van der Waals surface area contributed by atoms with Crippen molar-refractivity contribution < 1.29 is 9.47 Å². The van der Waals surface area contributed by atoms with Gasteiger partial charge in [-0.25, -0.2) is 0 Å². The zero-order chi connectivity index (χ0) is 10.6. The fourth-order valence-electron chi connectivity index (χ4n) is 1.08. The molecular formula is C10H12BrNO2. The molecule has 0 aliphatic carbocycles.